The number of nitrogens with one attached hydrogen (secondary N) is 2. The Morgan fingerprint density at radius 1 is 0.830 bits per heavy atom. The Morgan fingerprint density at radius 2 is 1.55 bits per heavy atom. The maximum absolute atomic E-state index is 12.4. The van der Waals surface area contributed by atoms with Crippen molar-refractivity contribution in [3.05, 3.63) is 95.1 Å². The first kappa shape index (κ1) is 34.7. The van der Waals surface area contributed by atoms with Gasteiger partial charge in [0.15, 0.2) is 6.29 Å². The van der Waals surface area contributed by atoms with E-state index in [1.807, 2.05) is 48.5 Å². The quantitative estimate of drug-likeness (QED) is 0.0892. The highest BCUT2D eigenvalue weighted by molar-refractivity contribution is 5.76. The van der Waals surface area contributed by atoms with Crippen molar-refractivity contribution >= 4 is 11.8 Å². The van der Waals surface area contributed by atoms with Crippen LogP contribution >= 0.6 is 0 Å². The van der Waals surface area contributed by atoms with E-state index in [-0.39, 0.29) is 43.2 Å². The smallest absolute Gasteiger partial charge is 0.243 e. The number of aliphatic hydroxyl groups is 2. The summed E-state index contributed by atoms with van der Waals surface area (Å²) in [5.41, 5.74) is 7.58. The van der Waals surface area contributed by atoms with Gasteiger partial charge in [0.05, 0.1) is 24.9 Å². The van der Waals surface area contributed by atoms with E-state index >= 15 is 0 Å². The fourth-order valence-electron chi connectivity index (χ4n) is 6.26. The molecule has 5 rings (SSSR count). The van der Waals surface area contributed by atoms with Crippen molar-refractivity contribution in [2.45, 2.75) is 89.1 Å². The van der Waals surface area contributed by atoms with E-state index in [0.717, 1.165) is 72.2 Å². The van der Waals surface area contributed by atoms with Crippen molar-refractivity contribution in [3.63, 3.8) is 0 Å². The zero-order valence-electron chi connectivity index (χ0n) is 26.9. The number of carbonyl (C=O) groups is 2. The average Bonchev–Trinajstić information content (AvgIpc) is 3.52. The minimum Gasteiger partial charge on any atom is -0.392 e. The third-order valence-electron chi connectivity index (χ3n) is 8.94. The molecule has 2 fully saturated rings. The zero-order chi connectivity index (χ0) is 33.0. The topological polar surface area (TPSA) is 141 Å². The molecule has 5 N–H and O–H groups in total. The monoisotopic (exact) mass is 645 g/mol. The van der Waals surface area contributed by atoms with E-state index in [9.17, 15) is 19.8 Å². The molecule has 3 aromatic carbocycles. The fraction of sp³-hybridized carbons (Fsp3) is 0.459. The first-order valence-electron chi connectivity index (χ1n) is 16.7. The zero-order valence-corrected chi connectivity index (χ0v) is 26.9. The van der Waals surface area contributed by atoms with Crippen LogP contribution in [0.15, 0.2) is 72.8 Å². The summed E-state index contributed by atoms with van der Waals surface area (Å²) in [6, 6.07) is 24.2. The number of hydrogen-bond acceptors (Lipinski definition) is 8. The minimum atomic E-state index is -0.542. The molecule has 0 spiro atoms. The van der Waals surface area contributed by atoms with Gasteiger partial charge in [0.2, 0.25) is 11.8 Å². The number of rotatable bonds is 15. The molecule has 3 aromatic rings. The van der Waals surface area contributed by atoms with Gasteiger partial charge in [-0.2, -0.15) is 0 Å². The normalized spacial score (nSPS) is 21.4. The van der Waals surface area contributed by atoms with Gasteiger partial charge in [0.1, 0.15) is 0 Å². The molecule has 252 valence electrons. The molecule has 0 saturated carbocycles. The summed E-state index contributed by atoms with van der Waals surface area (Å²) in [6.07, 6.45) is 4.30. The molecule has 2 heterocycles. The summed E-state index contributed by atoms with van der Waals surface area (Å²) in [5.74, 6) is -0.379. The Kier molecular flexibility index (Phi) is 12.9. The number of unbranched alkanes of at least 4 members (excludes halogenated alkanes) is 3. The number of nitrogens with zero attached hydrogens (tertiary/aromatic N) is 1. The molecule has 2 amide bonds. The summed E-state index contributed by atoms with van der Waals surface area (Å²) in [6.45, 7) is 2.69. The van der Waals surface area contributed by atoms with Crippen LogP contribution in [0.5, 0.6) is 0 Å². The van der Waals surface area contributed by atoms with Crippen molar-refractivity contribution < 1.29 is 34.5 Å². The lowest BCUT2D eigenvalue weighted by Gasteiger charge is -2.37. The molecule has 0 aliphatic carbocycles. The van der Waals surface area contributed by atoms with Gasteiger partial charge in [-0.25, -0.2) is 5.48 Å². The van der Waals surface area contributed by atoms with Crippen LogP contribution in [0.25, 0.3) is 11.1 Å². The predicted octanol–water partition coefficient (Wildman–Crippen LogP) is 4.92. The van der Waals surface area contributed by atoms with Crippen molar-refractivity contribution in [2.24, 2.45) is 0 Å². The third kappa shape index (κ3) is 10.4. The Hall–Kier alpha value is -3.64. The Balaban J connectivity index is 1.17. The van der Waals surface area contributed by atoms with E-state index in [1.54, 1.807) is 5.48 Å². The maximum atomic E-state index is 12.4. The molecule has 0 aromatic heterocycles. The van der Waals surface area contributed by atoms with E-state index in [1.165, 1.54) is 0 Å². The van der Waals surface area contributed by atoms with E-state index in [2.05, 4.69) is 34.5 Å². The lowest BCUT2D eigenvalue weighted by molar-refractivity contribution is -0.252. The highest BCUT2D eigenvalue weighted by Gasteiger charge is 2.34. The van der Waals surface area contributed by atoms with E-state index in [4.69, 9.17) is 14.7 Å². The Bertz CT molecular complexity index is 1430. The summed E-state index contributed by atoms with van der Waals surface area (Å²) < 4.78 is 13.0. The second-order valence-corrected chi connectivity index (χ2v) is 12.6. The average molecular weight is 646 g/mol. The molecular formula is C37H47N3O7. The van der Waals surface area contributed by atoms with Crippen molar-refractivity contribution in [3.8, 4) is 11.1 Å². The molecule has 0 bridgehead atoms. The molecule has 0 unspecified atom stereocenters. The highest BCUT2D eigenvalue weighted by atomic mass is 16.7. The van der Waals surface area contributed by atoms with Gasteiger partial charge in [-0.3, -0.25) is 19.7 Å². The van der Waals surface area contributed by atoms with Crippen LogP contribution in [0.1, 0.15) is 86.0 Å². The Morgan fingerprint density at radius 3 is 2.23 bits per heavy atom. The standard InChI is InChI=1S/C37H47N3O7/c41-25-26-10-12-29(13-11-26)34-21-33(24-40-19-18-32(42)23-40)46-37(47-34)30-16-14-28(15-17-30)31-7-5-6-27(20-31)22-38-35(43)8-3-1-2-4-9-36(44)39-45/h5-7,10-17,20,32-34,37,41-42,45H,1-4,8-9,18-19,21-25H2,(H,38,43)(H,39,44)/t32-,33+,34-,37-/m0/s1. The van der Waals surface area contributed by atoms with Gasteiger partial charge in [-0.05, 0) is 53.1 Å². The first-order chi connectivity index (χ1) is 22.9. The molecule has 0 radical (unpaired) electrons. The molecule has 47 heavy (non-hydrogen) atoms. The number of aliphatic hydroxyl groups excluding tert-OH is 2. The lowest BCUT2D eigenvalue weighted by atomic mass is 9.99. The fourth-order valence-corrected chi connectivity index (χ4v) is 6.26. The van der Waals surface area contributed by atoms with E-state index in [0.29, 0.717) is 32.4 Å². The predicted molar refractivity (Wildman–Crippen MR) is 177 cm³/mol. The molecule has 10 nitrogen and oxygen atoms in total. The largest absolute Gasteiger partial charge is 0.392 e. The van der Waals surface area contributed by atoms with Crippen LogP contribution in [0.3, 0.4) is 0 Å². The minimum absolute atomic E-state index is 0.000833. The summed E-state index contributed by atoms with van der Waals surface area (Å²) in [4.78, 5) is 25.7. The number of benzene rings is 3. The molecule has 2 saturated heterocycles. The molecular weight excluding hydrogens is 598 g/mol. The molecule has 2 aliphatic heterocycles. The van der Waals surface area contributed by atoms with Gasteiger partial charge >= 0.3 is 0 Å². The first-order valence-corrected chi connectivity index (χ1v) is 16.7. The molecule has 10 heteroatoms. The number of ether oxygens (including phenoxy) is 2. The SMILES string of the molecule is O=C(CCCCCCC(=O)NCc1cccc(-c2ccc([C@H]3O[C@@H](CN4CC[C@H](O)C4)C[C@@H](c4ccc(CO)cc4)O3)cc2)c1)NO. The van der Waals surface area contributed by atoms with Gasteiger partial charge < -0.3 is 25.0 Å². The number of likely N-dealkylation sites (tertiary alicyclic amines) is 1. The van der Waals surface area contributed by atoms with Crippen molar-refractivity contribution in [1.82, 2.24) is 15.7 Å². The van der Waals surface area contributed by atoms with Crippen LogP contribution in [-0.4, -0.2) is 64.0 Å². The van der Waals surface area contributed by atoms with Crippen LogP contribution < -0.4 is 10.8 Å². The van der Waals surface area contributed by atoms with Crippen LogP contribution in [0, 0.1) is 0 Å². The van der Waals surface area contributed by atoms with E-state index < -0.39 is 6.29 Å². The summed E-state index contributed by atoms with van der Waals surface area (Å²) in [7, 11) is 0. The summed E-state index contributed by atoms with van der Waals surface area (Å²) in [5, 5.41) is 31.1. The van der Waals surface area contributed by atoms with Crippen LogP contribution in [0.2, 0.25) is 0 Å². The van der Waals surface area contributed by atoms with Crippen molar-refractivity contribution in [2.75, 3.05) is 19.6 Å². The van der Waals surface area contributed by atoms with Crippen LogP contribution in [0.4, 0.5) is 0 Å². The second-order valence-electron chi connectivity index (χ2n) is 12.6. The van der Waals surface area contributed by atoms with Gasteiger partial charge in [0.25, 0.3) is 0 Å². The van der Waals surface area contributed by atoms with Crippen LogP contribution in [-0.2, 0) is 32.2 Å². The maximum Gasteiger partial charge on any atom is 0.243 e. The number of carbonyl (C=O) groups excluding carboxylic acids is 2. The Labute approximate surface area is 276 Å². The number of β-amino-alcohol motifs (C(OH)–C–C–N with tert-alkyl or cyclic N) is 1. The van der Waals surface area contributed by atoms with Gasteiger partial charge in [-0.1, -0.05) is 79.6 Å². The number of hydroxylamine groups is 1. The molecule has 2 aliphatic rings. The molecule has 4 atom stereocenters. The highest BCUT2D eigenvalue weighted by Crippen LogP contribution is 2.39. The third-order valence-corrected chi connectivity index (χ3v) is 8.94. The van der Waals surface area contributed by atoms with Gasteiger partial charge in [-0.15, -0.1) is 0 Å². The summed E-state index contributed by atoms with van der Waals surface area (Å²) >= 11 is 0. The number of amides is 2. The van der Waals surface area contributed by atoms with Gasteiger partial charge in [0, 0.05) is 51.0 Å². The lowest BCUT2D eigenvalue weighted by Crippen LogP contribution is -2.38. The second kappa shape index (κ2) is 17.5. The van der Waals surface area contributed by atoms with Crippen molar-refractivity contribution in [1.29, 1.82) is 0 Å². The number of hydrogen-bond donors (Lipinski definition) is 5.